The Labute approximate surface area is 122 Å². The van der Waals surface area contributed by atoms with Crippen molar-refractivity contribution >= 4 is 21.4 Å². The Kier molecular flexibility index (Phi) is 3.66. The number of sulfonamides is 1. The quantitative estimate of drug-likeness (QED) is 0.946. The molecule has 1 saturated heterocycles. The average molecular weight is 311 g/mol. The molecular formula is C13H17N3O2S2. The van der Waals surface area contributed by atoms with Crippen LogP contribution in [0.15, 0.2) is 27.9 Å². The highest BCUT2D eigenvalue weighted by Crippen LogP contribution is 2.30. The maximum atomic E-state index is 12.5. The fourth-order valence-electron chi connectivity index (χ4n) is 2.56. The van der Waals surface area contributed by atoms with Gasteiger partial charge in [0.25, 0.3) is 10.0 Å². The van der Waals surface area contributed by atoms with Crippen LogP contribution in [0.25, 0.3) is 0 Å². The van der Waals surface area contributed by atoms with Crippen LogP contribution >= 0.6 is 11.3 Å². The fraction of sp³-hybridized carbons (Fsp3) is 0.462. The Hall–Kier alpha value is -1.18. The standard InChI is InChI=1S/C13H17N3O2S2/c1-10-8-14-13(15-10)11-4-2-6-16(9-11)20(17,18)12-5-3-7-19-12/h3,5,7-8,11H,2,4,6,9H2,1H3,(H,14,15)/t11-/m0/s1. The minimum absolute atomic E-state index is 0.159. The molecule has 1 fully saturated rings. The van der Waals surface area contributed by atoms with Crippen LogP contribution in [0.2, 0.25) is 0 Å². The largest absolute Gasteiger partial charge is 0.346 e. The first kappa shape index (κ1) is 13.8. The van der Waals surface area contributed by atoms with Crippen molar-refractivity contribution in [2.75, 3.05) is 13.1 Å². The topological polar surface area (TPSA) is 66.1 Å². The van der Waals surface area contributed by atoms with E-state index in [9.17, 15) is 8.42 Å². The molecule has 108 valence electrons. The minimum atomic E-state index is -3.34. The molecule has 3 heterocycles. The van der Waals surface area contributed by atoms with E-state index >= 15 is 0 Å². The summed E-state index contributed by atoms with van der Waals surface area (Å²) in [6.07, 6.45) is 3.64. The number of rotatable bonds is 3. The summed E-state index contributed by atoms with van der Waals surface area (Å²) in [4.78, 5) is 7.57. The van der Waals surface area contributed by atoms with Gasteiger partial charge in [-0.2, -0.15) is 4.31 Å². The lowest BCUT2D eigenvalue weighted by molar-refractivity contribution is 0.310. The number of aryl methyl sites for hydroxylation is 1. The van der Waals surface area contributed by atoms with Gasteiger partial charge in [-0.1, -0.05) is 6.07 Å². The summed E-state index contributed by atoms with van der Waals surface area (Å²) in [5, 5.41) is 1.80. The summed E-state index contributed by atoms with van der Waals surface area (Å²) in [6, 6.07) is 3.44. The number of imidazole rings is 1. The zero-order valence-corrected chi connectivity index (χ0v) is 12.9. The fourth-order valence-corrected chi connectivity index (χ4v) is 5.23. The molecule has 0 spiro atoms. The molecule has 1 N–H and O–H groups in total. The van der Waals surface area contributed by atoms with Crippen molar-refractivity contribution in [1.29, 1.82) is 0 Å². The molecule has 7 heteroatoms. The summed E-state index contributed by atoms with van der Waals surface area (Å²) >= 11 is 1.27. The lowest BCUT2D eigenvalue weighted by Crippen LogP contribution is -2.39. The number of nitrogens with zero attached hydrogens (tertiary/aromatic N) is 2. The van der Waals surface area contributed by atoms with Gasteiger partial charge in [0.05, 0.1) is 0 Å². The zero-order valence-electron chi connectivity index (χ0n) is 11.2. The lowest BCUT2D eigenvalue weighted by Gasteiger charge is -2.30. The SMILES string of the molecule is Cc1cnc([C@H]2CCCN(S(=O)(=O)c3cccs3)C2)[nH]1. The van der Waals surface area contributed by atoms with E-state index in [-0.39, 0.29) is 5.92 Å². The summed E-state index contributed by atoms with van der Waals surface area (Å²) in [7, 11) is -3.34. The third-order valence-corrected chi connectivity index (χ3v) is 6.82. The minimum Gasteiger partial charge on any atom is -0.346 e. The maximum absolute atomic E-state index is 12.5. The van der Waals surface area contributed by atoms with Crippen molar-refractivity contribution < 1.29 is 8.42 Å². The summed E-state index contributed by atoms with van der Waals surface area (Å²) < 4.78 is 27.1. The molecule has 2 aromatic heterocycles. The molecule has 1 aliphatic heterocycles. The molecule has 5 nitrogen and oxygen atoms in total. The van der Waals surface area contributed by atoms with Crippen molar-refractivity contribution in [1.82, 2.24) is 14.3 Å². The Morgan fingerprint density at radius 1 is 1.50 bits per heavy atom. The third kappa shape index (κ3) is 2.53. The molecule has 0 radical (unpaired) electrons. The third-order valence-electron chi connectivity index (χ3n) is 3.58. The molecule has 0 unspecified atom stereocenters. The predicted octanol–water partition coefficient (Wildman–Crippen LogP) is 2.35. The monoisotopic (exact) mass is 311 g/mol. The molecule has 1 atom stereocenters. The average Bonchev–Trinajstić information content (AvgIpc) is 3.10. The number of H-pyrrole nitrogens is 1. The van der Waals surface area contributed by atoms with Crippen LogP contribution in [-0.2, 0) is 10.0 Å². The van der Waals surface area contributed by atoms with E-state index < -0.39 is 10.0 Å². The second kappa shape index (κ2) is 5.31. The van der Waals surface area contributed by atoms with Gasteiger partial charge in [0.2, 0.25) is 0 Å². The number of aromatic nitrogens is 2. The maximum Gasteiger partial charge on any atom is 0.252 e. The van der Waals surface area contributed by atoms with Crippen LogP contribution in [0.1, 0.15) is 30.3 Å². The van der Waals surface area contributed by atoms with E-state index in [4.69, 9.17) is 0 Å². The van der Waals surface area contributed by atoms with Crippen molar-refractivity contribution in [3.8, 4) is 0 Å². The molecule has 0 saturated carbocycles. The highest BCUT2D eigenvalue weighted by Gasteiger charge is 2.32. The molecule has 0 aromatic carbocycles. The van der Waals surface area contributed by atoms with E-state index in [1.165, 1.54) is 11.3 Å². The van der Waals surface area contributed by atoms with Gasteiger partial charge < -0.3 is 4.98 Å². The van der Waals surface area contributed by atoms with Crippen molar-refractivity contribution in [2.24, 2.45) is 0 Å². The van der Waals surface area contributed by atoms with Gasteiger partial charge in [0.1, 0.15) is 10.0 Å². The Balaban J connectivity index is 1.82. The van der Waals surface area contributed by atoms with Crippen molar-refractivity contribution in [3.63, 3.8) is 0 Å². The number of hydrogen-bond donors (Lipinski definition) is 1. The van der Waals surface area contributed by atoms with Gasteiger partial charge in [-0.3, -0.25) is 0 Å². The van der Waals surface area contributed by atoms with Gasteiger partial charge in [-0.15, -0.1) is 11.3 Å². The Morgan fingerprint density at radius 3 is 3.00 bits per heavy atom. The molecule has 0 bridgehead atoms. The van der Waals surface area contributed by atoms with E-state index in [0.29, 0.717) is 17.3 Å². The summed E-state index contributed by atoms with van der Waals surface area (Å²) in [5.74, 6) is 1.06. The Morgan fingerprint density at radius 2 is 2.35 bits per heavy atom. The Bertz CT molecular complexity index is 676. The van der Waals surface area contributed by atoms with Crippen LogP contribution in [0.3, 0.4) is 0 Å². The van der Waals surface area contributed by atoms with Gasteiger partial charge >= 0.3 is 0 Å². The molecule has 0 amide bonds. The molecule has 1 aliphatic rings. The summed E-state index contributed by atoms with van der Waals surface area (Å²) in [5.41, 5.74) is 1.01. The van der Waals surface area contributed by atoms with E-state index in [2.05, 4.69) is 9.97 Å². The highest BCUT2D eigenvalue weighted by molar-refractivity contribution is 7.91. The van der Waals surface area contributed by atoms with Gasteiger partial charge in [-0.05, 0) is 31.2 Å². The first-order chi connectivity index (χ1) is 9.57. The first-order valence-electron chi connectivity index (χ1n) is 6.62. The number of piperidine rings is 1. The van der Waals surface area contributed by atoms with Gasteiger partial charge in [-0.25, -0.2) is 13.4 Å². The normalized spacial score (nSPS) is 21.1. The molecule has 2 aromatic rings. The molecule has 20 heavy (non-hydrogen) atoms. The molecule has 0 aliphatic carbocycles. The smallest absolute Gasteiger partial charge is 0.252 e. The van der Waals surface area contributed by atoms with Crippen LogP contribution in [-0.4, -0.2) is 35.8 Å². The van der Waals surface area contributed by atoms with Crippen LogP contribution in [0.4, 0.5) is 0 Å². The van der Waals surface area contributed by atoms with E-state index in [0.717, 1.165) is 24.4 Å². The number of thiophene rings is 1. The predicted molar refractivity (Wildman–Crippen MR) is 78.4 cm³/mol. The van der Waals surface area contributed by atoms with Crippen molar-refractivity contribution in [2.45, 2.75) is 29.9 Å². The first-order valence-corrected chi connectivity index (χ1v) is 8.94. The van der Waals surface area contributed by atoms with E-state index in [1.807, 2.05) is 6.92 Å². The number of nitrogens with one attached hydrogen (secondary N) is 1. The van der Waals surface area contributed by atoms with E-state index in [1.54, 1.807) is 28.0 Å². The lowest BCUT2D eigenvalue weighted by atomic mass is 9.99. The number of hydrogen-bond acceptors (Lipinski definition) is 4. The zero-order chi connectivity index (χ0) is 14.2. The van der Waals surface area contributed by atoms with Gasteiger partial charge in [0.15, 0.2) is 0 Å². The van der Waals surface area contributed by atoms with Crippen LogP contribution < -0.4 is 0 Å². The van der Waals surface area contributed by atoms with Crippen LogP contribution in [0, 0.1) is 6.92 Å². The highest BCUT2D eigenvalue weighted by atomic mass is 32.2. The molecule has 3 rings (SSSR count). The molecular weight excluding hydrogens is 294 g/mol. The van der Waals surface area contributed by atoms with Crippen LogP contribution in [0.5, 0.6) is 0 Å². The van der Waals surface area contributed by atoms with Gasteiger partial charge in [0, 0.05) is 30.9 Å². The number of aromatic amines is 1. The van der Waals surface area contributed by atoms with Crippen molar-refractivity contribution in [3.05, 3.63) is 35.2 Å². The summed E-state index contributed by atoms with van der Waals surface area (Å²) in [6.45, 7) is 3.06. The second-order valence-corrected chi connectivity index (χ2v) is 8.20. The second-order valence-electron chi connectivity index (χ2n) is 5.09.